The number of amides is 20. The Morgan fingerprint density at radius 1 is 0.363 bits per heavy atom. The fraction of sp³-hybridized carbons (Fsp3) is 0.756. The molecular weight excluding hydrogens is 1620 g/mol. The summed E-state index contributed by atoms with van der Waals surface area (Å²) in [6.45, 7) is 37.6. The first kappa shape index (κ1) is 111. The number of nitrogens with one attached hydrogen (secondary N) is 17. The number of primary amides is 2. The number of hydrogen-bond donors (Lipinski definition) is 21. The second-order valence-electron chi connectivity index (χ2n) is 37.1. The Morgan fingerprint density at radius 2 is 0.702 bits per heavy atom. The predicted molar refractivity (Wildman–Crippen MR) is 456 cm³/mol. The zero-order chi connectivity index (χ0) is 96.5. The van der Waals surface area contributed by atoms with Crippen LogP contribution >= 0.6 is 0 Å². The van der Waals surface area contributed by atoms with Crippen molar-refractivity contribution in [3.8, 4) is 0 Å². The van der Waals surface area contributed by atoms with E-state index in [1.807, 2.05) is 13.8 Å². The van der Waals surface area contributed by atoms with Gasteiger partial charge < -0.3 is 117 Å². The number of likely N-dealkylation sites (tertiary alicyclic amines) is 1. The first-order chi connectivity index (χ1) is 56.5. The Balaban J connectivity index is 3.29. The average Bonchev–Trinajstić information content (AvgIpc) is 1.52. The predicted octanol–water partition coefficient (Wildman–Crippen LogP) is -3.60. The van der Waals surface area contributed by atoms with Crippen molar-refractivity contribution in [2.45, 2.75) is 362 Å². The molecule has 0 bridgehead atoms. The third kappa shape index (κ3) is 33.8. The monoisotopic (exact) mass is 1760 g/mol. The Kier molecular flexibility index (Phi) is 41.6. The summed E-state index contributed by atoms with van der Waals surface area (Å²) in [6, 6.07) is -11.7. The van der Waals surface area contributed by atoms with Crippen LogP contribution in [0.3, 0.4) is 0 Å². The number of rotatable bonds is 50. The summed E-state index contributed by atoms with van der Waals surface area (Å²) in [7, 11) is 0. The highest BCUT2D eigenvalue weighted by molar-refractivity contribution is 6.04. The van der Waals surface area contributed by atoms with Crippen LogP contribution in [0.1, 0.15) is 258 Å². The molecule has 0 aromatic heterocycles. The molecule has 20 amide bonds. The Bertz CT molecular complexity index is 3910. The van der Waals surface area contributed by atoms with Crippen molar-refractivity contribution in [3.63, 3.8) is 0 Å². The first-order valence-corrected chi connectivity index (χ1v) is 42.0. The van der Waals surface area contributed by atoms with E-state index in [1.165, 1.54) is 143 Å². The van der Waals surface area contributed by atoms with E-state index >= 15 is 0 Å². The Labute approximate surface area is 727 Å². The normalized spacial score (nSPS) is 16.5. The van der Waals surface area contributed by atoms with Crippen molar-refractivity contribution in [3.05, 3.63) is 0 Å². The van der Waals surface area contributed by atoms with Crippen LogP contribution in [0.15, 0.2) is 0 Å². The van der Waals surface area contributed by atoms with E-state index in [0.717, 1.165) is 0 Å². The molecule has 1 aliphatic rings. The van der Waals surface area contributed by atoms with Crippen molar-refractivity contribution in [2.24, 2.45) is 29.2 Å². The van der Waals surface area contributed by atoms with Gasteiger partial charge in [-0.3, -0.25) is 95.9 Å². The smallest absolute Gasteiger partial charge is 0.248 e. The molecule has 0 aromatic carbocycles. The van der Waals surface area contributed by atoms with Gasteiger partial charge in [0.2, 0.25) is 118 Å². The van der Waals surface area contributed by atoms with E-state index < -0.39 is 248 Å². The van der Waals surface area contributed by atoms with E-state index in [2.05, 4.69) is 90.4 Å². The van der Waals surface area contributed by atoms with Crippen molar-refractivity contribution in [2.75, 3.05) is 19.8 Å². The Hall–Kier alpha value is -10.7. The van der Waals surface area contributed by atoms with Gasteiger partial charge in [0.15, 0.2) is 0 Å². The average molecular weight is 1760 g/mol. The van der Waals surface area contributed by atoms with Crippen LogP contribution in [0.2, 0.25) is 0 Å². The lowest BCUT2D eigenvalue weighted by atomic mass is 9.93. The van der Waals surface area contributed by atoms with E-state index in [-0.39, 0.29) is 69.2 Å². The van der Waals surface area contributed by atoms with Gasteiger partial charge >= 0.3 is 0 Å². The molecule has 1 saturated heterocycles. The minimum Gasteiger partial charge on any atom is -0.394 e. The lowest BCUT2D eigenvalue weighted by Gasteiger charge is -2.37. The number of carbonyl (C=O) groups is 20. The topological polar surface area (TPSA) is 642 Å². The number of carbonyl (C=O) groups excluding carboxylic acids is 20. The van der Waals surface area contributed by atoms with Crippen molar-refractivity contribution in [1.82, 2.24) is 95.3 Å². The van der Waals surface area contributed by atoms with E-state index in [9.17, 15) is 106 Å². The number of aliphatic hydroxyl groups excluding tert-OH is 2. The second kappa shape index (κ2) is 46.3. The minimum atomic E-state index is -1.90. The molecule has 0 aromatic rings. The van der Waals surface area contributed by atoms with E-state index in [4.69, 9.17) is 11.5 Å². The van der Waals surface area contributed by atoms with Crippen LogP contribution in [0.4, 0.5) is 0 Å². The number of hydrogen-bond acceptors (Lipinski definition) is 22. The second-order valence-corrected chi connectivity index (χ2v) is 37.1. The van der Waals surface area contributed by atoms with Gasteiger partial charge in [-0.05, 0) is 194 Å². The third-order valence-electron chi connectivity index (χ3n) is 21.5. The molecule has 23 N–H and O–H groups in total. The third-order valence-corrected chi connectivity index (χ3v) is 21.5. The van der Waals surface area contributed by atoms with Crippen LogP contribution in [-0.4, -0.2) is 257 Å². The summed E-state index contributed by atoms with van der Waals surface area (Å²) in [4.78, 5) is 274. The fourth-order valence-electron chi connectivity index (χ4n) is 12.4. The highest BCUT2D eigenvalue weighted by atomic mass is 16.3. The summed E-state index contributed by atoms with van der Waals surface area (Å²) < 4.78 is 0. The summed E-state index contributed by atoms with van der Waals surface area (Å²) in [6.07, 6.45) is -0.462. The zero-order valence-electron chi connectivity index (χ0n) is 77.5. The fourth-order valence-corrected chi connectivity index (χ4v) is 12.4. The van der Waals surface area contributed by atoms with Gasteiger partial charge in [-0.25, -0.2) is 0 Å². The number of nitrogens with two attached hydrogens (primary N) is 2. The van der Waals surface area contributed by atoms with Crippen LogP contribution in [0.25, 0.3) is 0 Å². The molecule has 42 nitrogen and oxygen atoms in total. The first-order valence-electron chi connectivity index (χ1n) is 42.0. The summed E-state index contributed by atoms with van der Waals surface area (Å²) in [5, 5.41) is 63.3. The van der Waals surface area contributed by atoms with Gasteiger partial charge in [-0.1, -0.05) is 61.8 Å². The van der Waals surface area contributed by atoms with Crippen LogP contribution in [0, 0.1) is 17.8 Å². The standard InChI is InChI=1S/C82H144N20O22/c1-28-44(8)52(40-103)88-59(110)48(33-35-55(83)106)89-67(118)76(16,17)100-70(121)79(22,23)96-62(113)50(38-42(4)5)87-64(115)54-32-31-37-102(54)73(124)80(24,25)101-72(123)82(27,30-3)97-58(109)46(10)86-65(116)75(14,15)95-63(114)51(39-43(6)7)91-71(122)81(26,29-2)98-61(112)49(34-36-56(84)107)90-68(119)77(18,19)99-69(120)78(20,21)94-57(108)45(9)85-60(111)53(41-104)92-66(117)74(12,13)93-47(11)105/h42-46,48-54,103-104H,28-41H2,1-27H3,(H2,83,106)(H2,84,107)(H,85,111)(H,86,116)(H,87,115)(H,88,110)(H,89,118)(H,90,119)(H,91,122)(H,92,117)(H,93,105)(H,94,108)(H,95,114)(H,96,113)(H,97,109)(H,98,112)(H,99,120)(H,100,121)(H,101,123). The quantitative estimate of drug-likeness (QED) is 0.0280. The van der Waals surface area contributed by atoms with Gasteiger partial charge in [-0.2, -0.15) is 0 Å². The molecular formula is C82H144N20O22. The number of aliphatic hydroxyl groups is 2. The molecule has 42 heteroatoms. The van der Waals surface area contributed by atoms with Crippen LogP contribution in [-0.2, 0) is 95.9 Å². The molecule has 0 aliphatic carbocycles. The van der Waals surface area contributed by atoms with Gasteiger partial charge in [-0.15, -0.1) is 0 Å². The van der Waals surface area contributed by atoms with Gasteiger partial charge in [0.25, 0.3) is 0 Å². The molecule has 12 unspecified atom stereocenters. The van der Waals surface area contributed by atoms with Crippen molar-refractivity contribution >= 4 is 118 Å². The van der Waals surface area contributed by atoms with Gasteiger partial charge in [0.1, 0.15) is 98.2 Å². The molecule has 1 heterocycles. The highest BCUT2D eigenvalue weighted by Crippen LogP contribution is 2.26. The molecule has 1 fully saturated rings. The van der Waals surface area contributed by atoms with Crippen LogP contribution < -0.4 is 102 Å². The lowest BCUT2D eigenvalue weighted by molar-refractivity contribution is -0.146. The molecule has 0 saturated carbocycles. The summed E-state index contributed by atoms with van der Waals surface area (Å²) >= 11 is 0. The van der Waals surface area contributed by atoms with Gasteiger partial charge in [0.05, 0.1) is 19.3 Å². The molecule has 0 radical (unpaired) electrons. The van der Waals surface area contributed by atoms with Crippen molar-refractivity contribution in [1.29, 1.82) is 0 Å². The maximum absolute atomic E-state index is 14.6. The zero-order valence-corrected chi connectivity index (χ0v) is 77.5. The molecule has 12 atom stereocenters. The van der Waals surface area contributed by atoms with Crippen molar-refractivity contribution < 1.29 is 106 Å². The maximum atomic E-state index is 14.6. The highest BCUT2D eigenvalue weighted by Gasteiger charge is 2.49. The molecule has 1 aliphatic heterocycles. The largest absolute Gasteiger partial charge is 0.394 e. The number of nitrogens with zero attached hydrogens (tertiary/aromatic N) is 1. The molecule has 0 spiro atoms. The molecule has 124 heavy (non-hydrogen) atoms. The minimum absolute atomic E-state index is 0.0296. The molecule has 1 rings (SSSR count). The summed E-state index contributed by atoms with van der Waals surface area (Å²) in [5.41, 5.74) is -5.08. The Morgan fingerprint density at radius 3 is 1.11 bits per heavy atom. The lowest BCUT2D eigenvalue weighted by Crippen LogP contribution is -2.67. The van der Waals surface area contributed by atoms with Crippen LogP contribution in [0.5, 0.6) is 0 Å². The van der Waals surface area contributed by atoms with E-state index in [0.29, 0.717) is 12.8 Å². The maximum Gasteiger partial charge on any atom is 0.248 e. The molecule has 704 valence electrons. The SMILES string of the molecule is CCC(C)C(CO)NC(=O)C(CCC(N)=O)NC(=O)C(C)(C)NC(=O)C(C)(C)NC(=O)C(CC(C)C)NC(=O)C1CCCN1C(=O)C(C)(C)NC(=O)C(C)(CC)NC(=O)C(C)NC(=O)C(C)(C)NC(=O)C(CC(C)C)NC(=O)C(C)(CC)NC(=O)C(CCC(N)=O)NC(=O)C(C)(C)NC(=O)C(C)(C)NC(=O)C(C)NC(=O)C(CO)NC(=O)C(C)(C)NC(C)=O. The van der Waals surface area contributed by atoms with E-state index in [1.54, 1.807) is 34.6 Å². The summed E-state index contributed by atoms with van der Waals surface area (Å²) in [5.74, 6) is -17.5. The van der Waals surface area contributed by atoms with Gasteiger partial charge in [0, 0.05) is 26.3 Å².